The summed E-state index contributed by atoms with van der Waals surface area (Å²) in [5.74, 6) is -2.56. The van der Waals surface area contributed by atoms with Gasteiger partial charge in [0.1, 0.15) is 16.3 Å². The van der Waals surface area contributed by atoms with Gasteiger partial charge in [-0.3, -0.25) is 19.4 Å². The summed E-state index contributed by atoms with van der Waals surface area (Å²) in [6, 6.07) is 4.78. The number of aromatic nitrogens is 2. The summed E-state index contributed by atoms with van der Waals surface area (Å²) in [6.45, 7) is 2.14. The van der Waals surface area contributed by atoms with Crippen LogP contribution >= 0.6 is 11.3 Å². The monoisotopic (exact) mass is 714 g/mol. The topological polar surface area (TPSA) is 131 Å². The molecule has 2 atom stereocenters. The van der Waals surface area contributed by atoms with Crippen LogP contribution in [-0.2, 0) is 17.1 Å². The summed E-state index contributed by atoms with van der Waals surface area (Å²) < 4.78 is 88.7. The van der Waals surface area contributed by atoms with Gasteiger partial charge in [0, 0.05) is 56.0 Å². The van der Waals surface area contributed by atoms with Crippen LogP contribution < -0.4 is 15.3 Å². The normalized spacial score (nSPS) is 20.6. The van der Waals surface area contributed by atoms with Crippen LogP contribution in [0.15, 0.2) is 48.1 Å². The largest absolute Gasteiger partial charge is 0.474 e. The molecule has 3 aromatic rings. The molecule has 264 valence electrons. The van der Waals surface area contributed by atoms with Gasteiger partial charge in [0.2, 0.25) is 11.5 Å². The van der Waals surface area contributed by atoms with Gasteiger partial charge in [-0.05, 0) is 25.0 Å². The number of hydroxylamine groups is 2. The fraction of sp³-hybridized carbons (Fsp3) is 0.452. The molecule has 5 rings (SSSR count). The van der Waals surface area contributed by atoms with E-state index in [9.17, 15) is 40.7 Å². The zero-order valence-electron chi connectivity index (χ0n) is 26.1. The number of piperidine rings is 1. The average molecular weight is 715 g/mol. The molecule has 2 fully saturated rings. The van der Waals surface area contributed by atoms with Crippen molar-refractivity contribution >= 4 is 29.1 Å². The highest BCUT2D eigenvalue weighted by Gasteiger charge is 2.56. The number of ether oxygens (including phenoxy) is 1. The minimum absolute atomic E-state index is 0.0143. The van der Waals surface area contributed by atoms with Gasteiger partial charge in [0.15, 0.2) is 0 Å². The van der Waals surface area contributed by atoms with Crippen LogP contribution in [0.25, 0.3) is 0 Å². The van der Waals surface area contributed by atoms with Gasteiger partial charge < -0.3 is 25.1 Å². The number of carbonyl (C=O) groups is 3. The molecule has 49 heavy (non-hydrogen) atoms. The van der Waals surface area contributed by atoms with Crippen LogP contribution in [0.4, 0.5) is 26.3 Å². The Morgan fingerprint density at radius 3 is 2.41 bits per heavy atom. The molecule has 0 spiro atoms. The Hall–Kier alpha value is -4.45. The van der Waals surface area contributed by atoms with E-state index in [1.165, 1.54) is 28.2 Å². The smallest absolute Gasteiger partial charge is 0.425 e. The highest BCUT2D eigenvalue weighted by molar-refractivity contribution is 7.10. The zero-order valence-corrected chi connectivity index (χ0v) is 26.9. The Bertz CT molecular complexity index is 1680. The molecule has 18 heteroatoms. The van der Waals surface area contributed by atoms with E-state index >= 15 is 0 Å². The minimum atomic E-state index is -4.88. The molecule has 5 heterocycles. The number of nitrogens with zero attached hydrogens (tertiary/aromatic N) is 5. The molecule has 3 aromatic heterocycles. The number of pyridine rings is 2. The van der Waals surface area contributed by atoms with Crippen molar-refractivity contribution in [2.24, 2.45) is 5.73 Å². The van der Waals surface area contributed by atoms with E-state index in [2.05, 4.69) is 9.97 Å². The fourth-order valence-electron chi connectivity index (χ4n) is 6.09. The molecule has 0 aliphatic carbocycles. The van der Waals surface area contributed by atoms with Crippen LogP contribution in [0.5, 0.6) is 11.6 Å². The average Bonchev–Trinajstić information content (AvgIpc) is 3.54. The van der Waals surface area contributed by atoms with Crippen LogP contribution in [0.1, 0.15) is 63.9 Å². The summed E-state index contributed by atoms with van der Waals surface area (Å²) in [6.07, 6.45) is -7.28. The molecule has 0 saturated carbocycles. The van der Waals surface area contributed by atoms with E-state index in [0.29, 0.717) is 23.8 Å². The molecular formula is C31H32F6N6O5S. The molecule has 11 nitrogen and oxygen atoms in total. The molecule has 0 radical (unpaired) electrons. The number of alkyl halides is 6. The van der Waals surface area contributed by atoms with E-state index in [-0.39, 0.29) is 69.3 Å². The lowest BCUT2D eigenvalue weighted by molar-refractivity contribution is -0.166. The van der Waals surface area contributed by atoms with Gasteiger partial charge in [0.05, 0.1) is 30.3 Å². The third kappa shape index (κ3) is 7.74. The molecule has 3 amide bonds. The minimum Gasteiger partial charge on any atom is -0.474 e. The van der Waals surface area contributed by atoms with Crippen molar-refractivity contribution in [2.45, 2.75) is 56.6 Å². The molecule has 0 aromatic carbocycles. The number of likely N-dealkylation sites (tertiary alicyclic amines) is 1. The number of piperazine rings is 1. The van der Waals surface area contributed by atoms with E-state index in [4.69, 9.17) is 15.3 Å². The lowest BCUT2D eigenvalue weighted by Crippen LogP contribution is -2.69. The predicted molar refractivity (Wildman–Crippen MR) is 162 cm³/mol. The summed E-state index contributed by atoms with van der Waals surface area (Å²) in [5.41, 5.74) is 1.42. The van der Waals surface area contributed by atoms with Crippen molar-refractivity contribution < 1.29 is 50.3 Å². The molecule has 2 aliphatic rings. The third-order valence-corrected chi connectivity index (χ3v) is 9.24. The van der Waals surface area contributed by atoms with Crippen LogP contribution in [0.2, 0.25) is 0 Å². The highest BCUT2D eigenvalue weighted by atomic mass is 32.1. The summed E-state index contributed by atoms with van der Waals surface area (Å²) in [7, 11) is 0. The molecule has 2 N–H and O–H groups in total. The number of hydrogen-bond donors (Lipinski definition) is 1. The maximum absolute atomic E-state index is 14.6. The lowest BCUT2D eigenvalue weighted by atomic mass is 9.79. The van der Waals surface area contributed by atoms with E-state index < -0.39 is 57.7 Å². The zero-order chi connectivity index (χ0) is 35.6. The number of carbonyl (C=O) groups excluding carboxylic acids is 3. The quantitative estimate of drug-likeness (QED) is 0.306. The van der Waals surface area contributed by atoms with Gasteiger partial charge >= 0.3 is 12.4 Å². The first-order valence-corrected chi connectivity index (χ1v) is 16.2. The first-order chi connectivity index (χ1) is 23.1. The number of primary amides is 1. The molecule has 0 unspecified atom stereocenters. The van der Waals surface area contributed by atoms with Crippen LogP contribution in [-0.4, -0.2) is 86.9 Å². The van der Waals surface area contributed by atoms with E-state index in [1.807, 2.05) is 0 Å². The summed E-state index contributed by atoms with van der Waals surface area (Å²) in [5, 5.41) is 2.61. The predicted octanol–water partition coefficient (Wildman–Crippen LogP) is 5.04. The number of amides is 3. The summed E-state index contributed by atoms with van der Waals surface area (Å²) in [4.78, 5) is 55.2. The van der Waals surface area contributed by atoms with Gasteiger partial charge in [0.25, 0.3) is 17.7 Å². The Kier molecular flexibility index (Phi) is 10.4. The number of nitrogens with two attached hydrogens (primary N) is 1. The van der Waals surface area contributed by atoms with Crippen molar-refractivity contribution in [2.75, 3.05) is 32.7 Å². The Labute approximate surface area is 280 Å². The maximum atomic E-state index is 14.6. The van der Waals surface area contributed by atoms with Crippen LogP contribution in [0.3, 0.4) is 0 Å². The number of thiophene rings is 1. The molecular weight excluding hydrogens is 682 g/mol. The Morgan fingerprint density at radius 1 is 1.04 bits per heavy atom. The highest BCUT2D eigenvalue weighted by Crippen LogP contribution is 2.42. The van der Waals surface area contributed by atoms with E-state index in [0.717, 1.165) is 28.7 Å². The van der Waals surface area contributed by atoms with Crippen LogP contribution in [0, 0.1) is 0 Å². The summed E-state index contributed by atoms with van der Waals surface area (Å²) >= 11 is 0.371. The molecule has 0 bridgehead atoms. The first-order valence-electron chi connectivity index (χ1n) is 15.3. The van der Waals surface area contributed by atoms with Gasteiger partial charge in [-0.2, -0.15) is 26.3 Å². The van der Waals surface area contributed by atoms with Gasteiger partial charge in [-0.1, -0.05) is 19.4 Å². The van der Waals surface area contributed by atoms with Gasteiger partial charge in [-0.25, -0.2) is 4.98 Å². The van der Waals surface area contributed by atoms with Crippen molar-refractivity contribution in [3.63, 3.8) is 0 Å². The number of halogens is 6. The van der Waals surface area contributed by atoms with Crippen molar-refractivity contribution in [3.05, 3.63) is 69.8 Å². The van der Waals surface area contributed by atoms with Gasteiger partial charge in [-0.15, -0.1) is 16.4 Å². The van der Waals surface area contributed by atoms with Crippen molar-refractivity contribution in [1.82, 2.24) is 24.8 Å². The SMILES string of the molecule is CCC[C@H]1N(C(=O)c2cnccc2C(F)(F)F)CCC[C@@]1(Oc1csc(C(F)(F)F)c1)C(=O)N1CCN(Oc2cccc(C(N)=O)n2)CC1. The number of hydrogen-bond acceptors (Lipinski definition) is 9. The second-order valence-electron chi connectivity index (χ2n) is 11.5. The second-order valence-corrected chi connectivity index (χ2v) is 12.4. The third-order valence-electron chi connectivity index (χ3n) is 8.28. The maximum Gasteiger partial charge on any atom is 0.425 e. The Balaban J connectivity index is 1.47. The Morgan fingerprint density at radius 2 is 1.78 bits per heavy atom. The fourth-order valence-corrected chi connectivity index (χ4v) is 6.76. The standard InChI is InChI=1S/C31H32F6N6O5S/c1-2-5-23-29(47-19-16-24(49-18-19)31(35,36)37,9-4-11-43(23)27(45)20-17-39-10-8-21(20)30(32,33)34)28(46)41-12-14-42(15-13-41)48-25-7-3-6-22(40-25)26(38)44/h3,6-8,10,16-18,23H,2,4-5,9,11-15H2,1H3,(H2,38,44)/t23-,29+/m1/s1. The van der Waals surface area contributed by atoms with Crippen molar-refractivity contribution in [1.29, 1.82) is 0 Å². The van der Waals surface area contributed by atoms with Crippen molar-refractivity contribution in [3.8, 4) is 11.6 Å². The second kappa shape index (κ2) is 14.2. The van der Waals surface area contributed by atoms with E-state index in [1.54, 1.807) is 6.92 Å². The number of rotatable bonds is 9. The molecule has 2 saturated heterocycles. The molecule has 2 aliphatic heterocycles. The lowest BCUT2D eigenvalue weighted by Gasteiger charge is -2.50. The first kappa shape index (κ1) is 35.8.